The minimum Gasteiger partial charge on any atom is -0.444 e. The predicted molar refractivity (Wildman–Crippen MR) is 86.5 cm³/mol. The van der Waals surface area contributed by atoms with Crippen molar-refractivity contribution < 1.29 is 16.0 Å². The minimum atomic E-state index is -1.36. The van der Waals surface area contributed by atoms with Crippen LogP contribution in [-0.2, 0) is 11.3 Å². The molecule has 0 radical (unpaired) electrons. The van der Waals surface area contributed by atoms with Crippen molar-refractivity contribution in [3.63, 3.8) is 0 Å². The van der Waals surface area contributed by atoms with Crippen LogP contribution in [0.2, 0.25) is 0 Å². The molecule has 0 spiro atoms. The molecule has 0 aliphatic heterocycles. The van der Waals surface area contributed by atoms with E-state index in [0.29, 0.717) is 32.2 Å². The van der Waals surface area contributed by atoms with Gasteiger partial charge >= 0.3 is 6.09 Å². The van der Waals surface area contributed by atoms with Crippen LogP contribution >= 0.6 is 0 Å². The van der Waals surface area contributed by atoms with E-state index in [1.54, 1.807) is 4.90 Å². The van der Waals surface area contributed by atoms with E-state index in [-0.39, 0.29) is 12.1 Å². The monoisotopic (exact) mass is 306 g/mol. The molecule has 0 atom stereocenters. The quantitative estimate of drug-likeness (QED) is 0.925. The lowest BCUT2D eigenvalue weighted by molar-refractivity contribution is 0.00270. The standard InChI is InChI=1S/C18H27NO3/c1-18(2,3)22-17(21)19(13-14-7-5-4-6-8-14)15-9-11-16(20)12-10-15/h4-8,15-16,20H,9-13H2,1-3H3/i16D. The van der Waals surface area contributed by atoms with Gasteiger partial charge in [-0.15, -0.1) is 0 Å². The van der Waals surface area contributed by atoms with Gasteiger partial charge in [0.2, 0.25) is 0 Å². The van der Waals surface area contributed by atoms with Crippen LogP contribution in [0.1, 0.15) is 53.4 Å². The van der Waals surface area contributed by atoms with E-state index in [9.17, 15) is 9.90 Å². The summed E-state index contributed by atoms with van der Waals surface area (Å²) < 4.78 is 13.3. The zero-order chi connectivity index (χ0) is 17.1. The third-order valence-corrected chi connectivity index (χ3v) is 3.80. The first kappa shape index (κ1) is 15.3. The van der Waals surface area contributed by atoms with Crippen molar-refractivity contribution in [2.45, 2.75) is 70.7 Å². The lowest BCUT2D eigenvalue weighted by Gasteiger charge is -2.36. The lowest BCUT2D eigenvalue weighted by atomic mass is 9.92. The lowest BCUT2D eigenvalue weighted by Crippen LogP contribution is -2.45. The van der Waals surface area contributed by atoms with Gasteiger partial charge in [0, 0.05) is 12.6 Å². The van der Waals surface area contributed by atoms with Crippen LogP contribution in [0.15, 0.2) is 30.3 Å². The molecule has 4 heteroatoms. The summed E-state index contributed by atoms with van der Waals surface area (Å²) in [5.41, 5.74) is 0.502. The van der Waals surface area contributed by atoms with E-state index in [0.717, 1.165) is 5.56 Å². The van der Waals surface area contributed by atoms with E-state index in [1.165, 1.54) is 0 Å². The molecule has 1 saturated carbocycles. The van der Waals surface area contributed by atoms with Crippen LogP contribution < -0.4 is 0 Å². The third-order valence-electron chi connectivity index (χ3n) is 3.80. The van der Waals surface area contributed by atoms with E-state index in [1.807, 2.05) is 51.1 Å². The van der Waals surface area contributed by atoms with Crippen LogP contribution in [0.5, 0.6) is 0 Å². The van der Waals surface area contributed by atoms with E-state index >= 15 is 0 Å². The highest BCUT2D eigenvalue weighted by atomic mass is 16.6. The molecule has 22 heavy (non-hydrogen) atoms. The smallest absolute Gasteiger partial charge is 0.410 e. The number of benzene rings is 1. The van der Waals surface area contributed by atoms with Crippen LogP contribution in [-0.4, -0.2) is 33.8 Å². The van der Waals surface area contributed by atoms with Gasteiger partial charge in [0.15, 0.2) is 0 Å². The molecule has 0 heterocycles. The van der Waals surface area contributed by atoms with Crippen molar-refractivity contribution >= 4 is 6.09 Å². The molecule has 0 aromatic heterocycles. The van der Waals surface area contributed by atoms with Gasteiger partial charge in [-0.25, -0.2) is 4.79 Å². The van der Waals surface area contributed by atoms with Crippen LogP contribution in [0.4, 0.5) is 4.79 Å². The second-order valence-corrected chi connectivity index (χ2v) is 6.89. The highest BCUT2D eigenvalue weighted by molar-refractivity contribution is 5.68. The average Bonchev–Trinajstić information content (AvgIpc) is 2.44. The second-order valence-electron chi connectivity index (χ2n) is 6.89. The maximum absolute atomic E-state index is 12.6. The molecule has 1 amide bonds. The largest absolute Gasteiger partial charge is 0.444 e. The van der Waals surface area contributed by atoms with Crippen LogP contribution in [0.25, 0.3) is 0 Å². The zero-order valence-electron chi connectivity index (χ0n) is 14.7. The molecule has 0 bridgehead atoms. The van der Waals surface area contributed by atoms with Gasteiger partial charge in [0.1, 0.15) is 5.60 Å². The molecule has 1 N–H and O–H groups in total. The van der Waals surface area contributed by atoms with Crippen LogP contribution in [0.3, 0.4) is 0 Å². The van der Waals surface area contributed by atoms with E-state index in [4.69, 9.17) is 6.11 Å². The Labute approximate surface area is 134 Å². The SMILES string of the molecule is [2H]C1(O)CCC(N(Cc2ccccc2)C(=O)OC(C)(C)C)CC1. The fourth-order valence-electron chi connectivity index (χ4n) is 2.69. The summed E-state index contributed by atoms with van der Waals surface area (Å²) in [5.74, 6) is 0. The van der Waals surface area contributed by atoms with E-state index < -0.39 is 11.7 Å². The Morgan fingerprint density at radius 3 is 2.41 bits per heavy atom. The Hall–Kier alpha value is -1.55. The van der Waals surface area contributed by atoms with Gasteiger partial charge < -0.3 is 14.7 Å². The number of ether oxygens (including phenoxy) is 1. The van der Waals surface area contributed by atoms with Crippen molar-refractivity contribution in [2.75, 3.05) is 0 Å². The summed E-state index contributed by atoms with van der Waals surface area (Å²) >= 11 is 0. The second kappa shape index (κ2) is 7.14. The third kappa shape index (κ3) is 5.02. The first-order valence-electron chi connectivity index (χ1n) is 8.42. The van der Waals surface area contributed by atoms with Crippen molar-refractivity contribution in [2.24, 2.45) is 0 Å². The average molecular weight is 306 g/mol. The zero-order valence-corrected chi connectivity index (χ0v) is 13.7. The molecule has 0 unspecified atom stereocenters. The number of amides is 1. The predicted octanol–water partition coefficient (Wildman–Crippen LogP) is 3.73. The highest BCUT2D eigenvalue weighted by Gasteiger charge is 2.31. The van der Waals surface area contributed by atoms with Gasteiger partial charge in [0.25, 0.3) is 0 Å². The molecular weight excluding hydrogens is 278 g/mol. The molecule has 1 aromatic rings. The fourth-order valence-corrected chi connectivity index (χ4v) is 2.69. The van der Waals surface area contributed by atoms with Crippen molar-refractivity contribution in [3.05, 3.63) is 35.9 Å². The first-order valence-corrected chi connectivity index (χ1v) is 7.92. The first-order chi connectivity index (χ1) is 10.7. The topological polar surface area (TPSA) is 49.8 Å². The molecule has 2 rings (SSSR count). The number of carbonyl (C=O) groups is 1. The number of nitrogens with zero attached hydrogens (tertiary/aromatic N) is 1. The Morgan fingerprint density at radius 1 is 1.27 bits per heavy atom. The summed E-state index contributed by atoms with van der Waals surface area (Å²) in [4.78, 5) is 14.4. The Balaban J connectivity index is 2.13. The van der Waals surface area contributed by atoms with Crippen LogP contribution in [0, 0.1) is 0 Å². The maximum atomic E-state index is 12.6. The Morgan fingerprint density at radius 2 is 1.86 bits per heavy atom. The molecule has 0 saturated heterocycles. The van der Waals surface area contributed by atoms with Gasteiger partial charge in [-0.3, -0.25) is 0 Å². The summed E-state index contributed by atoms with van der Waals surface area (Å²) in [6.07, 6.45) is 0.306. The summed E-state index contributed by atoms with van der Waals surface area (Å²) in [5, 5.41) is 9.82. The highest BCUT2D eigenvalue weighted by Crippen LogP contribution is 2.26. The fraction of sp³-hybridized carbons (Fsp3) is 0.611. The van der Waals surface area contributed by atoms with Gasteiger partial charge in [-0.2, -0.15) is 0 Å². The molecular formula is C18H27NO3. The normalized spacial score (nSPS) is 26.2. The molecule has 1 aliphatic carbocycles. The van der Waals surface area contributed by atoms with Crippen molar-refractivity contribution in [3.8, 4) is 0 Å². The Kier molecular flexibility index (Phi) is 4.98. The summed E-state index contributed by atoms with van der Waals surface area (Å²) in [6, 6.07) is 9.82. The number of rotatable bonds is 3. The molecule has 4 nitrogen and oxygen atoms in total. The summed E-state index contributed by atoms with van der Waals surface area (Å²) in [6.45, 7) is 6.05. The number of hydrogen-bond donors (Lipinski definition) is 1. The molecule has 122 valence electrons. The molecule has 1 aromatic carbocycles. The van der Waals surface area contributed by atoms with Gasteiger partial charge in [-0.1, -0.05) is 30.3 Å². The van der Waals surface area contributed by atoms with Gasteiger partial charge in [-0.05, 0) is 52.0 Å². The van der Waals surface area contributed by atoms with Gasteiger partial charge in [0.05, 0.1) is 7.45 Å². The van der Waals surface area contributed by atoms with E-state index in [2.05, 4.69) is 0 Å². The minimum absolute atomic E-state index is 0.00400. The van der Waals surface area contributed by atoms with Crippen molar-refractivity contribution in [1.82, 2.24) is 4.90 Å². The molecule has 1 aliphatic rings. The number of hydrogen-bond acceptors (Lipinski definition) is 3. The number of aliphatic hydroxyl groups is 1. The maximum Gasteiger partial charge on any atom is 0.410 e. The summed E-state index contributed by atoms with van der Waals surface area (Å²) in [7, 11) is 0. The Bertz CT molecular complexity index is 515. The molecule has 1 fully saturated rings. The van der Waals surface area contributed by atoms with Crippen molar-refractivity contribution in [1.29, 1.82) is 0 Å². The number of carbonyl (C=O) groups excluding carboxylic acids is 1.